The van der Waals surface area contributed by atoms with Crippen molar-refractivity contribution in [1.29, 1.82) is 0 Å². The van der Waals surface area contributed by atoms with Gasteiger partial charge in [0.2, 0.25) is 0 Å². The third-order valence-electron chi connectivity index (χ3n) is 3.90. The molecule has 8 nitrogen and oxygen atoms in total. The average molecular weight is 502 g/mol. The number of H-pyrrole nitrogens is 1. The molecule has 1 aromatic heterocycles. The minimum atomic E-state index is -4.01. The smallest absolute Gasteiger partial charge is 0.286 e. The summed E-state index contributed by atoms with van der Waals surface area (Å²) in [4.78, 5) is 12.3. The molecule has 1 unspecified atom stereocenters. The fourth-order valence-corrected chi connectivity index (χ4v) is 5.48. The highest BCUT2D eigenvalue weighted by molar-refractivity contribution is 14.1. The molecule has 0 aliphatic carbocycles. The fourth-order valence-electron chi connectivity index (χ4n) is 2.70. The van der Waals surface area contributed by atoms with E-state index in [4.69, 9.17) is 0 Å². The second-order valence-electron chi connectivity index (χ2n) is 5.57. The first-order valence-electron chi connectivity index (χ1n) is 7.41. The molecule has 0 amide bonds. The summed E-state index contributed by atoms with van der Waals surface area (Å²) in [7, 11) is -4.01. The van der Waals surface area contributed by atoms with Gasteiger partial charge in [0.15, 0.2) is 11.6 Å². The van der Waals surface area contributed by atoms with Gasteiger partial charge >= 0.3 is 0 Å². The second-order valence-corrected chi connectivity index (χ2v) is 9.51. The number of aromatic amines is 1. The molecule has 1 aromatic carbocycles. The van der Waals surface area contributed by atoms with E-state index in [0.717, 1.165) is 3.57 Å². The van der Waals surface area contributed by atoms with Crippen LogP contribution < -0.4 is 10.9 Å². The molecule has 3 N–H and O–H groups in total. The van der Waals surface area contributed by atoms with Crippen LogP contribution in [-0.2, 0) is 10.0 Å². The lowest BCUT2D eigenvalue weighted by molar-refractivity contribution is 0.458. The zero-order valence-corrected chi connectivity index (χ0v) is 16.7. The number of anilines is 1. The summed E-state index contributed by atoms with van der Waals surface area (Å²) >= 11 is 3.46. The molecule has 11 heteroatoms. The highest BCUT2D eigenvalue weighted by Gasteiger charge is 2.31. The molecule has 2 aliphatic heterocycles. The number of allylic oxidation sites excluding steroid dienone is 1. The number of nitrogens with zero attached hydrogens (tertiary/aromatic N) is 2. The zero-order valence-electron chi connectivity index (χ0n) is 12.9. The predicted octanol–water partition coefficient (Wildman–Crippen LogP) is 2.33. The Morgan fingerprint density at radius 1 is 1.35 bits per heavy atom. The van der Waals surface area contributed by atoms with E-state index in [-0.39, 0.29) is 33.0 Å². The number of aromatic nitrogens is 2. The first-order chi connectivity index (χ1) is 12.4. The van der Waals surface area contributed by atoms with E-state index in [9.17, 15) is 18.3 Å². The first-order valence-corrected chi connectivity index (χ1v) is 10.9. The SMILES string of the molecule is O=c1[nH]nc(C2CC=CS2)c(O)c1C1=NS(=O)(=O)c2cc(I)ccc2N1. The lowest BCUT2D eigenvalue weighted by Gasteiger charge is -2.19. The molecular weight excluding hydrogens is 491 g/mol. The third kappa shape index (κ3) is 2.93. The van der Waals surface area contributed by atoms with E-state index < -0.39 is 15.6 Å². The number of hydrogen-bond acceptors (Lipinski definition) is 7. The lowest BCUT2D eigenvalue weighted by Crippen LogP contribution is -2.30. The topological polar surface area (TPSA) is 125 Å². The second kappa shape index (κ2) is 6.39. The van der Waals surface area contributed by atoms with E-state index in [1.807, 2.05) is 34.1 Å². The van der Waals surface area contributed by atoms with Crippen molar-refractivity contribution in [1.82, 2.24) is 10.2 Å². The molecule has 0 bridgehead atoms. The summed E-state index contributed by atoms with van der Waals surface area (Å²) in [6.07, 6.45) is 2.58. The first kappa shape index (κ1) is 17.5. The molecule has 0 radical (unpaired) electrons. The van der Waals surface area contributed by atoms with Crippen LogP contribution in [0.25, 0.3) is 0 Å². The maximum Gasteiger partial charge on any atom is 0.286 e. The maximum absolute atomic E-state index is 12.5. The van der Waals surface area contributed by atoms with Gasteiger partial charge in [0.25, 0.3) is 15.6 Å². The quantitative estimate of drug-likeness (QED) is 0.539. The van der Waals surface area contributed by atoms with Crippen LogP contribution in [-0.4, -0.2) is 29.6 Å². The fraction of sp³-hybridized carbons (Fsp3) is 0.133. The Kier molecular flexibility index (Phi) is 4.31. The van der Waals surface area contributed by atoms with E-state index in [2.05, 4.69) is 19.9 Å². The molecular formula is C15H11IN4O4S2. The Morgan fingerprint density at radius 2 is 2.15 bits per heavy atom. The Labute approximate surface area is 166 Å². The largest absolute Gasteiger partial charge is 0.505 e. The Morgan fingerprint density at radius 3 is 2.88 bits per heavy atom. The number of halogens is 1. The van der Waals surface area contributed by atoms with Gasteiger partial charge in [-0.3, -0.25) is 4.79 Å². The zero-order chi connectivity index (χ0) is 18.5. The number of hydrogen-bond donors (Lipinski definition) is 3. The van der Waals surface area contributed by atoms with Gasteiger partial charge in [-0.05, 0) is 52.6 Å². The van der Waals surface area contributed by atoms with Crippen LogP contribution >= 0.6 is 34.4 Å². The normalized spacial score (nSPS) is 20.3. The van der Waals surface area contributed by atoms with Gasteiger partial charge in [0, 0.05) is 3.57 Å². The van der Waals surface area contributed by atoms with Crippen LogP contribution in [0.2, 0.25) is 0 Å². The van der Waals surface area contributed by atoms with Crippen molar-refractivity contribution in [3.63, 3.8) is 0 Å². The molecule has 134 valence electrons. The van der Waals surface area contributed by atoms with Crippen molar-refractivity contribution in [2.24, 2.45) is 4.40 Å². The Hall–Kier alpha value is -1.86. The van der Waals surface area contributed by atoms with Gasteiger partial charge in [-0.1, -0.05) is 6.08 Å². The molecule has 3 heterocycles. The Bertz CT molecular complexity index is 1130. The molecule has 4 rings (SSSR count). The van der Waals surface area contributed by atoms with Gasteiger partial charge in [-0.15, -0.1) is 16.2 Å². The minimum absolute atomic E-state index is 0.0221. The molecule has 1 atom stereocenters. The van der Waals surface area contributed by atoms with Gasteiger partial charge in [-0.25, -0.2) is 5.10 Å². The van der Waals surface area contributed by atoms with E-state index >= 15 is 0 Å². The molecule has 2 aliphatic rings. The molecule has 0 spiro atoms. The molecule has 26 heavy (non-hydrogen) atoms. The Balaban J connectivity index is 1.87. The summed E-state index contributed by atoms with van der Waals surface area (Å²) < 4.78 is 29.5. The van der Waals surface area contributed by atoms with Crippen LogP contribution in [0.4, 0.5) is 5.69 Å². The molecule has 2 aromatic rings. The molecule has 0 saturated heterocycles. The molecule has 0 saturated carbocycles. The number of nitrogens with one attached hydrogen (secondary N) is 2. The minimum Gasteiger partial charge on any atom is -0.505 e. The number of benzene rings is 1. The van der Waals surface area contributed by atoms with Gasteiger partial charge in [-0.2, -0.15) is 13.5 Å². The van der Waals surface area contributed by atoms with Crippen LogP contribution in [0, 0.1) is 3.57 Å². The maximum atomic E-state index is 12.5. The average Bonchev–Trinajstić information content (AvgIpc) is 3.09. The predicted molar refractivity (Wildman–Crippen MR) is 107 cm³/mol. The number of amidine groups is 1. The van der Waals surface area contributed by atoms with Crippen LogP contribution in [0.15, 0.2) is 43.8 Å². The standard InChI is InChI=1S/C15H11IN4O4S2/c16-7-3-4-8-10(6-7)26(23,24)20-14(17-8)11-13(21)12(18-19-15(11)22)9-2-1-5-25-9/h1,3-6,9H,2H2,(H,17,20)(H2,19,21,22). The number of sulfonamides is 1. The van der Waals surface area contributed by atoms with E-state index in [0.29, 0.717) is 12.1 Å². The third-order valence-corrected chi connectivity index (χ3v) is 6.98. The van der Waals surface area contributed by atoms with Crippen molar-refractivity contribution < 1.29 is 13.5 Å². The highest BCUT2D eigenvalue weighted by Crippen LogP contribution is 2.41. The summed E-state index contributed by atoms with van der Waals surface area (Å²) in [5, 5.41) is 21.4. The number of aromatic hydroxyl groups is 1. The van der Waals surface area contributed by atoms with Crippen molar-refractivity contribution in [3.05, 3.63) is 54.9 Å². The number of thioether (sulfide) groups is 1. The van der Waals surface area contributed by atoms with Crippen LogP contribution in [0.1, 0.15) is 22.9 Å². The van der Waals surface area contributed by atoms with Crippen molar-refractivity contribution >= 4 is 55.9 Å². The van der Waals surface area contributed by atoms with Crippen LogP contribution in [0.3, 0.4) is 0 Å². The van der Waals surface area contributed by atoms with Crippen molar-refractivity contribution in [3.8, 4) is 5.75 Å². The van der Waals surface area contributed by atoms with Crippen LogP contribution in [0.5, 0.6) is 5.75 Å². The summed E-state index contributed by atoms with van der Waals surface area (Å²) in [5.41, 5.74) is -0.387. The summed E-state index contributed by atoms with van der Waals surface area (Å²) in [5.74, 6) is -0.595. The van der Waals surface area contributed by atoms with Gasteiger partial charge in [0.05, 0.1) is 10.9 Å². The van der Waals surface area contributed by atoms with Crippen molar-refractivity contribution in [2.45, 2.75) is 16.6 Å². The number of fused-ring (bicyclic) bond motifs is 1. The van der Waals surface area contributed by atoms with Gasteiger partial charge in [0.1, 0.15) is 16.2 Å². The highest BCUT2D eigenvalue weighted by atomic mass is 127. The lowest BCUT2D eigenvalue weighted by atomic mass is 10.1. The molecule has 0 fully saturated rings. The summed E-state index contributed by atoms with van der Waals surface area (Å²) in [6, 6.07) is 4.81. The van der Waals surface area contributed by atoms with E-state index in [1.165, 1.54) is 17.8 Å². The van der Waals surface area contributed by atoms with Crippen molar-refractivity contribution in [2.75, 3.05) is 5.32 Å². The van der Waals surface area contributed by atoms with Gasteiger partial charge < -0.3 is 10.4 Å². The summed E-state index contributed by atoms with van der Waals surface area (Å²) in [6.45, 7) is 0. The van der Waals surface area contributed by atoms with E-state index in [1.54, 1.807) is 12.1 Å². The number of rotatable bonds is 2. The monoisotopic (exact) mass is 502 g/mol.